The summed E-state index contributed by atoms with van der Waals surface area (Å²) in [5.41, 5.74) is 4.12. The summed E-state index contributed by atoms with van der Waals surface area (Å²) in [6.45, 7) is 15.9. The van der Waals surface area contributed by atoms with Gasteiger partial charge in [-0.15, -0.1) is 0 Å². The van der Waals surface area contributed by atoms with Crippen molar-refractivity contribution in [2.24, 2.45) is 5.92 Å². The molecule has 0 bridgehead atoms. The molecule has 0 spiro atoms. The summed E-state index contributed by atoms with van der Waals surface area (Å²) in [4.78, 5) is 47.1. The van der Waals surface area contributed by atoms with Crippen LogP contribution in [-0.4, -0.2) is 44.8 Å². The fourth-order valence-corrected chi connectivity index (χ4v) is 5.53. The monoisotopic (exact) mass is 672 g/mol. The molecule has 48 heavy (non-hydrogen) atoms. The Hall–Kier alpha value is -3.46. The molecule has 0 aliphatic carbocycles. The van der Waals surface area contributed by atoms with E-state index in [0.717, 1.165) is 25.2 Å². The van der Waals surface area contributed by atoms with E-state index in [4.69, 9.17) is 19.7 Å². The van der Waals surface area contributed by atoms with E-state index >= 15 is 0 Å². The smallest absolute Gasteiger partial charge is 0.311 e. The molecule has 1 aromatic rings. The van der Waals surface area contributed by atoms with Crippen LogP contribution in [0.4, 0.5) is 0 Å². The van der Waals surface area contributed by atoms with Crippen LogP contribution in [0.2, 0.25) is 0 Å². The molecule has 9 nitrogen and oxygen atoms in total. The van der Waals surface area contributed by atoms with Gasteiger partial charge in [0.25, 0.3) is 0 Å². The molecule has 3 N–H and O–H groups in total. The highest BCUT2D eigenvalue weighted by Gasteiger charge is 2.26. The number of esters is 2. The molecule has 0 saturated carbocycles. The number of ether oxygens (including phenoxy) is 2. The summed E-state index contributed by atoms with van der Waals surface area (Å²) in [6, 6.07) is 0. The first kappa shape index (κ1) is 42.6. The van der Waals surface area contributed by atoms with Crippen LogP contribution in [-0.2, 0) is 25.6 Å². The van der Waals surface area contributed by atoms with Gasteiger partial charge in [-0.25, -0.2) is 0 Å². The van der Waals surface area contributed by atoms with Gasteiger partial charge in [0.05, 0.1) is 5.60 Å². The summed E-state index contributed by atoms with van der Waals surface area (Å²) in [5.74, 6) is -1.71. The Morgan fingerprint density at radius 3 is 1.73 bits per heavy atom. The van der Waals surface area contributed by atoms with Crippen LogP contribution in [0.15, 0.2) is 23.3 Å². The minimum atomic E-state index is -1.02. The Bertz CT molecular complexity index is 1300. The zero-order valence-electron chi connectivity index (χ0n) is 30.6. The maximum Gasteiger partial charge on any atom is 0.311 e. The summed E-state index contributed by atoms with van der Waals surface area (Å²) in [7, 11) is 0. The number of carboxylic acid groups (broad SMARTS) is 2. The Labute approximate surface area is 287 Å². The van der Waals surface area contributed by atoms with E-state index < -0.39 is 29.5 Å². The lowest BCUT2D eigenvalue weighted by Crippen LogP contribution is -2.25. The summed E-state index contributed by atoms with van der Waals surface area (Å²) in [5, 5.41) is 29.2. The van der Waals surface area contributed by atoms with E-state index in [2.05, 4.69) is 39.8 Å². The summed E-state index contributed by atoms with van der Waals surface area (Å²) >= 11 is 0. The molecule has 0 saturated heterocycles. The Morgan fingerprint density at radius 1 is 0.688 bits per heavy atom. The zero-order valence-corrected chi connectivity index (χ0v) is 30.6. The fraction of sp³-hybridized carbons (Fsp3) is 0.641. The molecule has 0 heterocycles. The van der Waals surface area contributed by atoms with Gasteiger partial charge in [0.15, 0.2) is 0 Å². The molecule has 9 heteroatoms. The van der Waals surface area contributed by atoms with Crippen LogP contribution in [0.3, 0.4) is 0 Å². The van der Waals surface area contributed by atoms with Crippen molar-refractivity contribution in [1.82, 2.24) is 0 Å². The molecule has 1 rings (SSSR count). The normalized spacial score (nSPS) is 13.4. The van der Waals surface area contributed by atoms with Crippen molar-refractivity contribution in [2.45, 2.75) is 157 Å². The standard InChI is InChI=1S/C39H60O9/c1-26(2)14-9-15-27(3)16-10-17-28(4)18-13-24-39(8,46)25-23-32-31(7)37(47-35(44)21-11-19-33(40)41)29(5)30(6)38(32)48-36(45)22-12-20-34(42)43/h16,18,26,46H,9-15,17,19-25H2,1-8H3,(H,40,41)(H,42,43)/b27-16+,28-18+. The molecule has 0 aromatic heterocycles. The second kappa shape index (κ2) is 21.5. The van der Waals surface area contributed by atoms with Gasteiger partial charge >= 0.3 is 23.9 Å². The third-order valence-electron chi connectivity index (χ3n) is 8.76. The van der Waals surface area contributed by atoms with Gasteiger partial charge in [-0.1, -0.05) is 43.6 Å². The van der Waals surface area contributed by atoms with Crippen molar-refractivity contribution in [3.05, 3.63) is 45.6 Å². The molecule has 0 aliphatic heterocycles. The zero-order chi connectivity index (χ0) is 36.4. The largest absolute Gasteiger partial charge is 0.481 e. The molecule has 0 aliphatic rings. The molecule has 0 fully saturated rings. The molecule has 0 radical (unpaired) electrons. The summed E-state index contributed by atoms with van der Waals surface area (Å²) in [6.07, 6.45) is 11.9. The molecule has 0 amide bonds. The topological polar surface area (TPSA) is 147 Å². The number of aliphatic hydroxyl groups is 1. The van der Waals surface area contributed by atoms with Crippen molar-refractivity contribution >= 4 is 23.9 Å². The van der Waals surface area contributed by atoms with Crippen LogP contribution in [0.1, 0.15) is 147 Å². The predicted octanol–water partition coefficient (Wildman–Crippen LogP) is 8.90. The first-order chi connectivity index (χ1) is 22.4. The fourth-order valence-electron chi connectivity index (χ4n) is 5.53. The van der Waals surface area contributed by atoms with Crippen LogP contribution < -0.4 is 9.47 Å². The van der Waals surface area contributed by atoms with Crippen molar-refractivity contribution < 1.29 is 44.0 Å². The van der Waals surface area contributed by atoms with Gasteiger partial charge in [-0.3, -0.25) is 19.2 Å². The second-order valence-corrected chi connectivity index (χ2v) is 13.9. The van der Waals surface area contributed by atoms with E-state index in [1.165, 1.54) is 24.0 Å². The number of aliphatic carboxylic acids is 2. The third-order valence-corrected chi connectivity index (χ3v) is 8.76. The highest BCUT2D eigenvalue weighted by atomic mass is 16.5. The molecule has 1 aromatic carbocycles. The van der Waals surface area contributed by atoms with E-state index in [-0.39, 0.29) is 38.5 Å². The van der Waals surface area contributed by atoms with Gasteiger partial charge in [-0.2, -0.15) is 0 Å². The van der Waals surface area contributed by atoms with Gasteiger partial charge in [0.2, 0.25) is 0 Å². The lowest BCUT2D eigenvalue weighted by atomic mass is 9.88. The predicted molar refractivity (Wildman–Crippen MR) is 189 cm³/mol. The van der Waals surface area contributed by atoms with Crippen molar-refractivity contribution in [3.63, 3.8) is 0 Å². The number of allylic oxidation sites excluding steroid dienone is 4. The molecular weight excluding hydrogens is 612 g/mol. The van der Waals surface area contributed by atoms with E-state index in [9.17, 15) is 24.3 Å². The van der Waals surface area contributed by atoms with Gasteiger partial charge in [0, 0.05) is 31.2 Å². The lowest BCUT2D eigenvalue weighted by Gasteiger charge is -2.26. The van der Waals surface area contributed by atoms with Gasteiger partial charge < -0.3 is 24.8 Å². The number of carboxylic acids is 2. The van der Waals surface area contributed by atoms with Crippen LogP contribution in [0.5, 0.6) is 11.5 Å². The maximum atomic E-state index is 12.7. The average molecular weight is 673 g/mol. The van der Waals surface area contributed by atoms with Crippen LogP contribution >= 0.6 is 0 Å². The van der Waals surface area contributed by atoms with Gasteiger partial charge in [-0.05, 0) is 128 Å². The van der Waals surface area contributed by atoms with Crippen molar-refractivity contribution in [2.75, 3.05) is 0 Å². The highest BCUT2D eigenvalue weighted by Crippen LogP contribution is 2.40. The minimum Gasteiger partial charge on any atom is -0.481 e. The molecule has 270 valence electrons. The summed E-state index contributed by atoms with van der Waals surface area (Å²) < 4.78 is 11.5. The third kappa shape index (κ3) is 17.1. The Morgan fingerprint density at radius 2 is 1.19 bits per heavy atom. The number of hydrogen-bond acceptors (Lipinski definition) is 7. The Kier molecular flexibility index (Phi) is 19.1. The average Bonchev–Trinajstić information content (AvgIpc) is 2.97. The lowest BCUT2D eigenvalue weighted by molar-refractivity contribution is -0.139. The number of hydrogen-bond donors (Lipinski definition) is 3. The van der Waals surface area contributed by atoms with Crippen LogP contribution in [0, 0.1) is 26.7 Å². The Balaban J connectivity index is 3.06. The van der Waals surface area contributed by atoms with Gasteiger partial charge in [0.1, 0.15) is 11.5 Å². The number of benzene rings is 1. The van der Waals surface area contributed by atoms with E-state index in [1.54, 1.807) is 27.7 Å². The minimum absolute atomic E-state index is 0.0598. The SMILES string of the molecule is C/C(=C\CCC(C)(O)CCc1c(C)c(OC(=O)CCCC(=O)O)c(C)c(C)c1OC(=O)CCCC(=O)O)CC/C=C(\C)CCCC(C)C. The second-order valence-electron chi connectivity index (χ2n) is 13.9. The number of rotatable bonds is 23. The maximum absolute atomic E-state index is 12.7. The van der Waals surface area contributed by atoms with Crippen LogP contribution in [0.25, 0.3) is 0 Å². The molecule has 1 atom stereocenters. The molecule has 1 unspecified atom stereocenters. The highest BCUT2D eigenvalue weighted by molar-refractivity contribution is 5.77. The number of carbonyl (C=O) groups is 4. The van der Waals surface area contributed by atoms with Crippen molar-refractivity contribution in [1.29, 1.82) is 0 Å². The first-order valence-corrected chi connectivity index (χ1v) is 17.4. The quantitative estimate of drug-likeness (QED) is 0.0589. The number of carbonyl (C=O) groups excluding carboxylic acids is 2. The molecular formula is C39H60O9. The van der Waals surface area contributed by atoms with E-state index in [1.807, 2.05) is 0 Å². The first-order valence-electron chi connectivity index (χ1n) is 17.4. The van der Waals surface area contributed by atoms with E-state index in [0.29, 0.717) is 59.4 Å². The van der Waals surface area contributed by atoms with Crippen molar-refractivity contribution in [3.8, 4) is 11.5 Å².